The van der Waals surface area contributed by atoms with Crippen LogP contribution in [0.25, 0.3) is 0 Å². The van der Waals surface area contributed by atoms with Crippen molar-refractivity contribution in [2.75, 3.05) is 0 Å². The number of hydrogen-bond acceptors (Lipinski definition) is 5. The largest absolute Gasteiger partial charge is 0.406 e. The topological polar surface area (TPSA) is 81.8 Å². The molecule has 1 aliphatic heterocycles. The van der Waals surface area contributed by atoms with E-state index in [9.17, 15) is 14.9 Å². The van der Waals surface area contributed by atoms with Crippen LogP contribution in [0.15, 0.2) is 29.3 Å². The first-order valence-electron chi connectivity index (χ1n) is 9.07. The fraction of sp³-hybridized carbons (Fsp3) is 0.579. The number of esters is 1. The van der Waals surface area contributed by atoms with E-state index in [0.717, 1.165) is 37.0 Å². The number of non-ortho nitro benzene ring substituents is 1. The van der Waals surface area contributed by atoms with Crippen LogP contribution in [0.2, 0.25) is 0 Å². The minimum absolute atomic E-state index is 0.0195. The summed E-state index contributed by atoms with van der Waals surface area (Å²) in [5.74, 6) is 2.32. The van der Waals surface area contributed by atoms with Crippen LogP contribution in [-0.2, 0) is 9.53 Å². The van der Waals surface area contributed by atoms with Gasteiger partial charge in [-0.2, -0.15) is 0 Å². The van der Waals surface area contributed by atoms with E-state index in [0.29, 0.717) is 11.5 Å². The van der Waals surface area contributed by atoms with Crippen molar-refractivity contribution in [3.8, 4) is 0 Å². The lowest BCUT2D eigenvalue weighted by Gasteiger charge is -2.57. The molecule has 6 nitrogen and oxygen atoms in total. The van der Waals surface area contributed by atoms with Crippen molar-refractivity contribution in [3.05, 3.63) is 39.9 Å². The minimum Gasteiger partial charge on any atom is -0.406 e. The highest BCUT2D eigenvalue weighted by Crippen LogP contribution is 2.62. The molecule has 25 heavy (non-hydrogen) atoms. The molecular formula is C19H20N2O4. The standard InChI is InChI=1S/C19H20N2O4/c22-18-16(19-8-11-5-12(9-19)7-13(6-11)10-19)20-17(25-18)14-1-3-15(4-2-14)21(23)24/h1-4,11-13,16H,5-10H2. The second-order valence-corrected chi connectivity index (χ2v) is 8.34. The Morgan fingerprint density at radius 1 is 1.04 bits per heavy atom. The minimum atomic E-state index is -0.440. The molecule has 0 N–H and O–H groups in total. The molecule has 4 saturated carbocycles. The number of hydrogen-bond donors (Lipinski definition) is 0. The summed E-state index contributed by atoms with van der Waals surface area (Å²) in [7, 11) is 0. The van der Waals surface area contributed by atoms with E-state index in [1.165, 1.54) is 31.4 Å². The smallest absolute Gasteiger partial charge is 0.338 e. The van der Waals surface area contributed by atoms with Gasteiger partial charge in [-0.05, 0) is 68.4 Å². The van der Waals surface area contributed by atoms with Gasteiger partial charge >= 0.3 is 5.97 Å². The Morgan fingerprint density at radius 2 is 1.60 bits per heavy atom. The molecule has 6 heteroatoms. The zero-order chi connectivity index (χ0) is 17.2. The van der Waals surface area contributed by atoms with Crippen LogP contribution < -0.4 is 0 Å². The van der Waals surface area contributed by atoms with E-state index in [1.807, 2.05) is 0 Å². The van der Waals surface area contributed by atoms with Crippen LogP contribution in [-0.4, -0.2) is 22.8 Å². The first kappa shape index (κ1) is 15.0. The molecule has 1 aromatic rings. The zero-order valence-corrected chi connectivity index (χ0v) is 13.9. The fourth-order valence-electron chi connectivity index (χ4n) is 6.11. The summed E-state index contributed by atoms with van der Waals surface area (Å²) in [5, 5.41) is 10.8. The Morgan fingerprint density at radius 3 is 2.12 bits per heavy atom. The van der Waals surface area contributed by atoms with Crippen molar-refractivity contribution >= 4 is 17.6 Å². The highest BCUT2D eigenvalue weighted by molar-refractivity contribution is 6.06. The van der Waals surface area contributed by atoms with Crippen LogP contribution in [0.4, 0.5) is 5.69 Å². The van der Waals surface area contributed by atoms with Crippen molar-refractivity contribution < 1.29 is 14.5 Å². The van der Waals surface area contributed by atoms with Gasteiger partial charge in [0.15, 0.2) is 6.04 Å². The predicted molar refractivity (Wildman–Crippen MR) is 90.1 cm³/mol. The van der Waals surface area contributed by atoms with Crippen LogP contribution in [0.5, 0.6) is 0 Å². The van der Waals surface area contributed by atoms with E-state index in [1.54, 1.807) is 12.1 Å². The maximum Gasteiger partial charge on any atom is 0.338 e. The van der Waals surface area contributed by atoms with Crippen molar-refractivity contribution in [1.29, 1.82) is 0 Å². The summed E-state index contributed by atoms with van der Waals surface area (Å²) in [6.07, 6.45) is 7.24. The first-order valence-corrected chi connectivity index (χ1v) is 9.07. The number of nitrogens with zero attached hydrogens (tertiary/aromatic N) is 2. The van der Waals surface area contributed by atoms with Crippen molar-refractivity contribution in [1.82, 2.24) is 0 Å². The summed E-state index contributed by atoms with van der Waals surface area (Å²) in [6.45, 7) is 0. The molecule has 5 aliphatic rings. The average Bonchev–Trinajstić information content (AvgIpc) is 2.96. The fourth-order valence-corrected chi connectivity index (χ4v) is 6.11. The Hall–Kier alpha value is -2.24. The maximum atomic E-state index is 12.6. The van der Waals surface area contributed by atoms with Gasteiger partial charge in [-0.15, -0.1) is 0 Å². The lowest BCUT2D eigenvalue weighted by molar-refractivity contribution is -0.384. The van der Waals surface area contributed by atoms with Gasteiger partial charge in [0, 0.05) is 23.1 Å². The third-order valence-electron chi connectivity index (χ3n) is 6.66. The van der Waals surface area contributed by atoms with Gasteiger partial charge in [0.25, 0.3) is 5.69 Å². The molecule has 1 aromatic carbocycles. The summed E-state index contributed by atoms with van der Waals surface area (Å²) in [6, 6.07) is 5.65. The van der Waals surface area contributed by atoms with E-state index in [2.05, 4.69) is 4.99 Å². The SMILES string of the molecule is O=C1OC(c2ccc([N+](=O)[O-])cc2)=NC1C12CC3CC(CC(C3)C1)C2. The molecular weight excluding hydrogens is 320 g/mol. The number of carbonyl (C=O) groups excluding carboxylic acids is 1. The molecule has 0 saturated heterocycles. The normalized spacial score (nSPS) is 38.6. The van der Waals surface area contributed by atoms with Gasteiger partial charge in [-0.3, -0.25) is 10.1 Å². The van der Waals surface area contributed by atoms with Gasteiger partial charge in [0.05, 0.1) is 4.92 Å². The molecule has 0 amide bonds. The lowest BCUT2D eigenvalue weighted by atomic mass is 9.48. The van der Waals surface area contributed by atoms with E-state index >= 15 is 0 Å². The third kappa shape index (κ3) is 2.30. The van der Waals surface area contributed by atoms with E-state index in [4.69, 9.17) is 4.74 Å². The number of rotatable bonds is 3. The van der Waals surface area contributed by atoms with Crippen LogP contribution in [0.3, 0.4) is 0 Å². The van der Waals surface area contributed by atoms with Gasteiger partial charge in [-0.1, -0.05) is 0 Å². The second kappa shape index (κ2) is 5.13. The molecule has 0 spiro atoms. The van der Waals surface area contributed by atoms with Crippen molar-refractivity contribution in [2.45, 2.75) is 44.6 Å². The van der Waals surface area contributed by atoms with Crippen LogP contribution in [0, 0.1) is 33.3 Å². The molecule has 0 aromatic heterocycles. The summed E-state index contributed by atoms with van der Waals surface area (Å²) < 4.78 is 5.49. The number of cyclic esters (lactones) is 1. The molecule has 1 unspecified atom stereocenters. The van der Waals surface area contributed by atoms with Gasteiger partial charge in [0.1, 0.15) is 0 Å². The van der Waals surface area contributed by atoms with Gasteiger partial charge < -0.3 is 4.74 Å². The highest BCUT2D eigenvalue weighted by Gasteiger charge is 2.58. The number of carbonyl (C=O) groups is 1. The molecule has 6 rings (SSSR count). The molecule has 1 atom stereocenters. The van der Waals surface area contributed by atoms with Gasteiger partial charge in [-0.25, -0.2) is 9.79 Å². The number of nitro benzene ring substituents is 1. The third-order valence-corrected chi connectivity index (χ3v) is 6.66. The lowest BCUT2D eigenvalue weighted by Crippen LogP contribution is -2.52. The zero-order valence-electron chi connectivity index (χ0n) is 13.9. The summed E-state index contributed by atoms with van der Waals surface area (Å²) in [4.78, 5) is 27.6. The molecule has 4 aliphatic carbocycles. The molecule has 0 radical (unpaired) electrons. The Bertz CT molecular complexity index is 748. The summed E-state index contributed by atoms with van der Waals surface area (Å²) in [5.41, 5.74) is 0.631. The number of aliphatic imine (C=N–C) groups is 1. The summed E-state index contributed by atoms with van der Waals surface area (Å²) >= 11 is 0. The van der Waals surface area contributed by atoms with Crippen molar-refractivity contribution in [3.63, 3.8) is 0 Å². The quantitative estimate of drug-likeness (QED) is 0.479. The molecule has 4 fully saturated rings. The number of ether oxygens (including phenoxy) is 1. The monoisotopic (exact) mass is 340 g/mol. The van der Waals surface area contributed by atoms with Crippen LogP contribution >= 0.6 is 0 Å². The Balaban J connectivity index is 1.45. The molecule has 4 bridgehead atoms. The number of benzene rings is 1. The average molecular weight is 340 g/mol. The number of nitro groups is 1. The van der Waals surface area contributed by atoms with E-state index in [-0.39, 0.29) is 17.1 Å². The van der Waals surface area contributed by atoms with Crippen molar-refractivity contribution in [2.24, 2.45) is 28.2 Å². The highest BCUT2D eigenvalue weighted by atomic mass is 16.6. The molecule has 130 valence electrons. The maximum absolute atomic E-state index is 12.6. The predicted octanol–water partition coefficient (Wildman–Crippen LogP) is 3.48. The second-order valence-electron chi connectivity index (χ2n) is 8.34. The Labute approximate surface area is 145 Å². The first-order chi connectivity index (χ1) is 12.0. The van der Waals surface area contributed by atoms with E-state index < -0.39 is 11.0 Å². The van der Waals surface area contributed by atoms with Gasteiger partial charge in [0.2, 0.25) is 5.90 Å². The van der Waals surface area contributed by atoms with Crippen LogP contribution in [0.1, 0.15) is 44.1 Å². The molecule has 1 heterocycles. The Kier molecular flexibility index (Phi) is 3.09.